The molecule has 11 nitrogen and oxygen atoms in total. The summed E-state index contributed by atoms with van der Waals surface area (Å²) in [6.45, 7) is 0.0476. The molecule has 1 aromatic carbocycles. The zero-order chi connectivity index (χ0) is 22.4. The fourth-order valence-corrected chi connectivity index (χ4v) is 5.20. The van der Waals surface area contributed by atoms with E-state index in [0.717, 1.165) is 10.4 Å². The van der Waals surface area contributed by atoms with Crippen molar-refractivity contribution in [1.29, 1.82) is 0 Å². The molecule has 0 spiro atoms. The Hall–Kier alpha value is -3.32. The average Bonchev–Trinajstić information content (AvgIpc) is 3.19. The minimum Gasteiger partial charge on any atom is -0.480 e. The number of aliphatic imine (C=N–C) groups is 1. The number of methoxy groups -OCH3 is 1. The molecule has 164 valence electrons. The van der Waals surface area contributed by atoms with Gasteiger partial charge in [-0.1, -0.05) is 0 Å². The molecule has 31 heavy (non-hydrogen) atoms. The van der Waals surface area contributed by atoms with E-state index < -0.39 is 32.7 Å². The van der Waals surface area contributed by atoms with Gasteiger partial charge in [-0.25, -0.2) is 32.1 Å². The summed E-state index contributed by atoms with van der Waals surface area (Å²) < 4.78 is 51.7. The maximum Gasteiger partial charge on any atom is 0.275 e. The SMILES string of the molecule is COc1cnc(C(=O)Nc2ccc(F)c(C34CCOC3S(=O)(=O)N(C)C(N)=N4)c2)cn1. The minimum absolute atomic E-state index is 0.0102. The van der Waals surface area contributed by atoms with Crippen LogP contribution in [0.3, 0.4) is 0 Å². The number of nitrogens with one attached hydrogen (secondary N) is 1. The molecule has 1 saturated heterocycles. The number of halogens is 1. The van der Waals surface area contributed by atoms with Gasteiger partial charge >= 0.3 is 0 Å². The molecule has 3 N–H and O–H groups in total. The molecule has 3 heterocycles. The zero-order valence-corrected chi connectivity index (χ0v) is 17.4. The third-order valence-electron chi connectivity index (χ3n) is 5.19. The highest BCUT2D eigenvalue weighted by molar-refractivity contribution is 7.90. The van der Waals surface area contributed by atoms with Crippen molar-refractivity contribution in [2.45, 2.75) is 17.4 Å². The van der Waals surface area contributed by atoms with E-state index in [9.17, 15) is 17.6 Å². The zero-order valence-electron chi connectivity index (χ0n) is 16.6. The first-order valence-corrected chi connectivity index (χ1v) is 10.6. The van der Waals surface area contributed by atoms with Crippen molar-refractivity contribution in [3.05, 3.63) is 47.7 Å². The number of anilines is 1. The average molecular weight is 450 g/mol. The highest BCUT2D eigenvalue weighted by Gasteiger charge is 2.58. The summed E-state index contributed by atoms with van der Waals surface area (Å²) in [7, 11) is -1.35. The van der Waals surface area contributed by atoms with E-state index in [4.69, 9.17) is 15.2 Å². The second kappa shape index (κ2) is 7.42. The number of guanidine groups is 1. The summed E-state index contributed by atoms with van der Waals surface area (Å²) in [4.78, 5) is 24.7. The number of carbonyl (C=O) groups excluding carboxylic acids is 1. The summed E-state index contributed by atoms with van der Waals surface area (Å²) >= 11 is 0. The molecule has 2 atom stereocenters. The smallest absolute Gasteiger partial charge is 0.275 e. The van der Waals surface area contributed by atoms with Crippen LogP contribution in [0, 0.1) is 5.82 Å². The van der Waals surface area contributed by atoms with E-state index >= 15 is 0 Å². The molecule has 0 saturated carbocycles. The number of aromatic nitrogens is 2. The van der Waals surface area contributed by atoms with Crippen molar-refractivity contribution in [2.24, 2.45) is 10.7 Å². The summed E-state index contributed by atoms with van der Waals surface area (Å²) in [5, 5.41) is 2.59. The van der Waals surface area contributed by atoms with Gasteiger partial charge in [0.05, 0.1) is 26.1 Å². The first kappa shape index (κ1) is 20.9. The van der Waals surface area contributed by atoms with E-state index in [1.54, 1.807) is 0 Å². The standard InChI is InChI=1S/C18H19FN6O5S/c1-25-17(20)24-18(5-6-30-16(18)31(25,27)28)11-7-10(3-4-12(11)19)23-15(26)13-8-22-14(29-2)9-21-13/h3-4,7-9,16H,5-6H2,1-2H3,(H2,20,24)(H,23,26). The number of nitrogens with zero attached hydrogens (tertiary/aromatic N) is 4. The number of hydrogen-bond acceptors (Lipinski definition) is 9. The minimum atomic E-state index is -4.03. The predicted molar refractivity (Wildman–Crippen MR) is 107 cm³/mol. The summed E-state index contributed by atoms with van der Waals surface area (Å²) in [6, 6.07) is 3.78. The van der Waals surface area contributed by atoms with Gasteiger partial charge in [0.25, 0.3) is 15.9 Å². The number of amides is 1. The molecule has 2 unspecified atom stereocenters. The Kier molecular flexibility index (Phi) is 5.01. The van der Waals surface area contributed by atoms with Gasteiger partial charge in [-0.05, 0) is 18.2 Å². The number of nitrogens with two attached hydrogens (primary N) is 1. The molecular formula is C18H19FN6O5S. The summed E-state index contributed by atoms with van der Waals surface area (Å²) in [6.07, 6.45) is 2.61. The number of rotatable bonds is 4. The van der Waals surface area contributed by atoms with Crippen LogP contribution in [0.15, 0.2) is 35.6 Å². The lowest BCUT2D eigenvalue weighted by atomic mass is 9.88. The molecule has 0 aliphatic carbocycles. The van der Waals surface area contributed by atoms with Gasteiger partial charge in [-0.3, -0.25) is 4.79 Å². The maximum atomic E-state index is 14.9. The second-order valence-electron chi connectivity index (χ2n) is 6.95. The van der Waals surface area contributed by atoms with Crippen LogP contribution in [0.1, 0.15) is 22.5 Å². The highest BCUT2D eigenvalue weighted by atomic mass is 32.2. The molecule has 4 rings (SSSR count). The van der Waals surface area contributed by atoms with Crippen LogP contribution in [0.5, 0.6) is 5.88 Å². The molecule has 0 bridgehead atoms. The Morgan fingerprint density at radius 1 is 1.39 bits per heavy atom. The monoisotopic (exact) mass is 450 g/mol. The summed E-state index contributed by atoms with van der Waals surface area (Å²) in [5.74, 6) is -1.33. The van der Waals surface area contributed by atoms with E-state index in [-0.39, 0.29) is 41.8 Å². The number of hydrogen-bond donors (Lipinski definition) is 2. The van der Waals surface area contributed by atoms with Crippen molar-refractivity contribution in [3.8, 4) is 5.88 Å². The van der Waals surface area contributed by atoms with Crippen LogP contribution in [0.2, 0.25) is 0 Å². The van der Waals surface area contributed by atoms with E-state index in [1.807, 2.05) is 0 Å². The first-order chi connectivity index (χ1) is 14.7. The Labute approximate surface area is 177 Å². The Morgan fingerprint density at radius 2 is 2.16 bits per heavy atom. The fraction of sp³-hybridized carbons (Fsp3) is 0.333. The molecule has 1 fully saturated rings. The van der Waals surface area contributed by atoms with Crippen LogP contribution < -0.4 is 15.8 Å². The predicted octanol–water partition coefficient (Wildman–Crippen LogP) is 0.408. The Bertz CT molecular complexity index is 1170. The van der Waals surface area contributed by atoms with Gasteiger partial charge in [-0.2, -0.15) is 0 Å². The van der Waals surface area contributed by atoms with Crippen LogP contribution in [0.4, 0.5) is 10.1 Å². The Morgan fingerprint density at radius 3 is 2.84 bits per heavy atom. The van der Waals surface area contributed by atoms with Gasteiger partial charge in [0.2, 0.25) is 17.3 Å². The largest absolute Gasteiger partial charge is 0.480 e. The number of benzene rings is 1. The van der Waals surface area contributed by atoms with E-state index in [2.05, 4.69) is 20.3 Å². The maximum absolute atomic E-state index is 14.9. The van der Waals surface area contributed by atoms with Crippen molar-refractivity contribution < 1.29 is 27.1 Å². The number of carbonyl (C=O) groups is 1. The molecule has 13 heteroatoms. The van der Waals surface area contributed by atoms with Crippen LogP contribution in [-0.4, -0.2) is 60.8 Å². The molecule has 2 aliphatic heterocycles. The second-order valence-corrected chi connectivity index (χ2v) is 8.96. The molecule has 0 radical (unpaired) electrons. The van der Waals surface area contributed by atoms with Crippen molar-refractivity contribution in [2.75, 3.05) is 26.1 Å². The summed E-state index contributed by atoms with van der Waals surface area (Å²) in [5.41, 5.74) is 2.99. The van der Waals surface area contributed by atoms with E-state index in [0.29, 0.717) is 0 Å². The van der Waals surface area contributed by atoms with E-state index in [1.165, 1.54) is 38.7 Å². The van der Waals surface area contributed by atoms with Crippen molar-refractivity contribution in [3.63, 3.8) is 0 Å². The number of ether oxygens (including phenoxy) is 2. The molecule has 2 aliphatic rings. The lowest BCUT2D eigenvalue weighted by Crippen LogP contribution is -2.55. The highest BCUT2D eigenvalue weighted by Crippen LogP contribution is 2.46. The molecule has 1 aromatic heterocycles. The van der Waals surface area contributed by atoms with Crippen molar-refractivity contribution in [1.82, 2.24) is 14.3 Å². The lowest BCUT2D eigenvalue weighted by molar-refractivity contribution is 0.102. The number of fused-ring (bicyclic) bond motifs is 1. The number of sulfonamides is 1. The van der Waals surface area contributed by atoms with Gasteiger partial charge in [0.1, 0.15) is 17.1 Å². The van der Waals surface area contributed by atoms with Gasteiger partial charge in [0, 0.05) is 24.7 Å². The quantitative estimate of drug-likeness (QED) is 0.680. The molecular weight excluding hydrogens is 431 g/mol. The normalized spacial score (nSPS) is 24.3. The van der Waals surface area contributed by atoms with Crippen molar-refractivity contribution >= 4 is 27.6 Å². The third-order valence-corrected chi connectivity index (χ3v) is 7.21. The third kappa shape index (κ3) is 3.35. The van der Waals surface area contributed by atoms with Gasteiger partial charge < -0.3 is 20.5 Å². The topological polar surface area (TPSA) is 149 Å². The van der Waals surface area contributed by atoms with Crippen LogP contribution in [0.25, 0.3) is 0 Å². The molecule has 2 aromatic rings. The molecule has 1 amide bonds. The van der Waals surface area contributed by atoms with Crippen LogP contribution in [-0.2, 0) is 20.3 Å². The van der Waals surface area contributed by atoms with Crippen LogP contribution >= 0.6 is 0 Å². The van der Waals surface area contributed by atoms with Gasteiger partial charge in [-0.15, -0.1) is 0 Å². The lowest BCUT2D eigenvalue weighted by Gasteiger charge is -2.38. The van der Waals surface area contributed by atoms with Gasteiger partial charge in [0.15, 0.2) is 0 Å². The Balaban J connectivity index is 1.72. The fourth-order valence-electron chi connectivity index (χ4n) is 3.56. The first-order valence-electron chi connectivity index (χ1n) is 9.11.